The first-order valence-corrected chi connectivity index (χ1v) is 6.07. The normalized spacial score (nSPS) is 10.2. The van der Waals surface area contributed by atoms with Crippen LogP contribution in [0.25, 0.3) is 0 Å². The Kier molecular flexibility index (Phi) is 4.19. The van der Waals surface area contributed by atoms with E-state index >= 15 is 0 Å². The first-order chi connectivity index (χ1) is 8.74. The molecule has 18 heavy (non-hydrogen) atoms. The van der Waals surface area contributed by atoms with Crippen molar-refractivity contribution in [2.45, 2.75) is 11.8 Å². The molecule has 2 rings (SSSR count). The zero-order chi connectivity index (χ0) is 12.8. The van der Waals surface area contributed by atoms with Crippen LogP contribution in [0.3, 0.4) is 0 Å². The summed E-state index contributed by atoms with van der Waals surface area (Å²) in [6.45, 7) is 0.157. The Morgan fingerprint density at radius 3 is 2.83 bits per heavy atom. The van der Waals surface area contributed by atoms with E-state index in [0.717, 1.165) is 11.8 Å². The summed E-state index contributed by atoms with van der Waals surface area (Å²) in [5, 5.41) is 16.2. The van der Waals surface area contributed by atoms with Gasteiger partial charge in [-0.3, -0.25) is 4.79 Å². The third-order valence-electron chi connectivity index (χ3n) is 1.87. The van der Waals surface area contributed by atoms with Gasteiger partial charge in [-0.05, 0) is 12.1 Å². The molecule has 0 atom stereocenters. The molecule has 0 saturated heterocycles. The van der Waals surface area contributed by atoms with E-state index in [1.807, 2.05) is 30.3 Å². The van der Waals surface area contributed by atoms with Gasteiger partial charge in [0.15, 0.2) is 6.61 Å². The minimum Gasteiger partial charge on any atom is -0.484 e. The van der Waals surface area contributed by atoms with E-state index in [1.54, 1.807) is 0 Å². The largest absolute Gasteiger partial charge is 0.484 e. The first-order valence-electron chi connectivity index (χ1n) is 5.09. The van der Waals surface area contributed by atoms with Crippen molar-refractivity contribution < 1.29 is 19.1 Å². The number of para-hydroxylation sites is 1. The maximum absolute atomic E-state index is 10.4. The van der Waals surface area contributed by atoms with Gasteiger partial charge in [-0.25, -0.2) is 0 Å². The smallest absolute Gasteiger partial charge is 0.314 e. The van der Waals surface area contributed by atoms with Crippen LogP contribution < -0.4 is 4.74 Å². The molecule has 0 aliphatic heterocycles. The molecule has 2 aromatic rings. The summed E-state index contributed by atoms with van der Waals surface area (Å²) in [6.07, 6.45) is 0. The van der Waals surface area contributed by atoms with Crippen LogP contribution in [0.5, 0.6) is 5.75 Å². The number of aliphatic carboxylic acids is 1. The van der Waals surface area contributed by atoms with Crippen LogP contribution in [-0.4, -0.2) is 27.0 Å². The van der Waals surface area contributed by atoms with Gasteiger partial charge >= 0.3 is 5.97 Å². The van der Waals surface area contributed by atoms with E-state index in [-0.39, 0.29) is 17.6 Å². The quantitative estimate of drug-likeness (QED) is 0.798. The topological polar surface area (TPSA) is 85.5 Å². The molecule has 0 saturated carbocycles. The lowest BCUT2D eigenvalue weighted by molar-refractivity contribution is -0.133. The molecule has 0 fully saturated rings. The molecule has 7 heteroatoms. The number of ether oxygens (including phenoxy) is 1. The molecule has 1 aromatic carbocycles. The third-order valence-corrected chi connectivity index (χ3v) is 2.68. The molecule has 6 nitrogen and oxygen atoms in total. The number of carbonyl (C=O) groups is 1. The SMILES string of the molecule is O=C(O)CSc1nnc(COc2ccccc2)o1. The second-order valence-electron chi connectivity index (χ2n) is 3.25. The zero-order valence-electron chi connectivity index (χ0n) is 9.28. The standard InChI is InChI=1S/C11H10N2O4S/c14-10(15)7-18-11-13-12-9(17-11)6-16-8-4-2-1-3-5-8/h1-5H,6-7H2,(H,14,15). The predicted molar refractivity (Wildman–Crippen MR) is 63.4 cm³/mol. The van der Waals surface area contributed by atoms with E-state index < -0.39 is 5.97 Å². The fourth-order valence-corrected chi connectivity index (χ4v) is 1.64. The lowest BCUT2D eigenvalue weighted by Crippen LogP contribution is -1.97. The Balaban J connectivity index is 1.85. The van der Waals surface area contributed by atoms with Crippen molar-refractivity contribution in [3.63, 3.8) is 0 Å². The fourth-order valence-electron chi connectivity index (χ4n) is 1.14. The highest BCUT2D eigenvalue weighted by Crippen LogP contribution is 2.17. The maximum atomic E-state index is 10.4. The minimum absolute atomic E-state index is 0.110. The number of carboxylic acid groups (broad SMARTS) is 1. The number of thioether (sulfide) groups is 1. The van der Waals surface area contributed by atoms with Gasteiger partial charge in [-0.1, -0.05) is 30.0 Å². The Labute approximate surface area is 107 Å². The average Bonchev–Trinajstić information content (AvgIpc) is 2.83. The zero-order valence-corrected chi connectivity index (χ0v) is 10.1. The molecule has 0 aliphatic carbocycles. The van der Waals surface area contributed by atoms with Gasteiger partial charge in [0.05, 0.1) is 0 Å². The van der Waals surface area contributed by atoms with Crippen LogP contribution in [0.1, 0.15) is 5.89 Å². The maximum Gasteiger partial charge on any atom is 0.314 e. The van der Waals surface area contributed by atoms with Crippen molar-refractivity contribution in [3.05, 3.63) is 36.2 Å². The minimum atomic E-state index is -0.930. The summed E-state index contributed by atoms with van der Waals surface area (Å²) in [4.78, 5) is 10.4. The van der Waals surface area contributed by atoms with E-state index in [4.69, 9.17) is 14.3 Å². The third kappa shape index (κ3) is 3.77. The molecule has 0 aliphatic rings. The number of carboxylic acids is 1. The molecule has 0 unspecified atom stereocenters. The molecule has 0 radical (unpaired) electrons. The monoisotopic (exact) mass is 266 g/mol. The lowest BCUT2D eigenvalue weighted by Gasteiger charge is -2.01. The van der Waals surface area contributed by atoms with Gasteiger partial charge < -0.3 is 14.3 Å². The van der Waals surface area contributed by atoms with Crippen molar-refractivity contribution in [1.82, 2.24) is 10.2 Å². The van der Waals surface area contributed by atoms with Crippen LogP contribution in [-0.2, 0) is 11.4 Å². The summed E-state index contributed by atoms with van der Waals surface area (Å²) in [6, 6.07) is 9.24. The molecule has 0 amide bonds. The predicted octanol–water partition coefficient (Wildman–Crippen LogP) is 1.83. The van der Waals surface area contributed by atoms with Crippen molar-refractivity contribution in [1.29, 1.82) is 0 Å². The Morgan fingerprint density at radius 1 is 1.33 bits per heavy atom. The van der Waals surface area contributed by atoms with Crippen molar-refractivity contribution >= 4 is 17.7 Å². The van der Waals surface area contributed by atoms with E-state index in [0.29, 0.717) is 11.6 Å². The summed E-state index contributed by atoms with van der Waals surface area (Å²) in [7, 11) is 0. The van der Waals surface area contributed by atoms with Gasteiger partial charge in [0.25, 0.3) is 11.1 Å². The summed E-state index contributed by atoms with van der Waals surface area (Å²) in [5.74, 6) is -0.0243. The highest BCUT2D eigenvalue weighted by Gasteiger charge is 2.09. The molecule has 1 heterocycles. The van der Waals surface area contributed by atoms with Crippen molar-refractivity contribution in [2.75, 3.05) is 5.75 Å². The van der Waals surface area contributed by atoms with Gasteiger partial charge in [0, 0.05) is 0 Å². The number of hydrogen-bond donors (Lipinski definition) is 1. The van der Waals surface area contributed by atoms with Crippen LogP contribution in [0.2, 0.25) is 0 Å². The van der Waals surface area contributed by atoms with Crippen molar-refractivity contribution in [2.24, 2.45) is 0 Å². The van der Waals surface area contributed by atoms with Crippen LogP contribution in [0, 0.1) is 0 Å². The highest BCUT2D eigenvalue weighted by atomic mass is 32.2. The molecular weight excluding hydrogens is 256 g/mol. The lowest BCUT2D eigenvalue weighted by atomic mass is 10.3. The highest BCUT2D eigenvalue weighted by molar-refractivity contribution is 7.99. The average molecular weight is 266 g/mol. The van der Waals surface area contributed by atoms with Crippen LogP contribution in [0.4, 0.5) is 0 Å². The number of benzene rings is 1. The fraction of sp³-hybridized carbons (Fsp3) is 0.182. The van der Waals surface area contributed by atoms with E-state index in [9.17, 15) is 4.79 Å². The van der Waals surface area contributed by atoms with E-state index in [2.05, 4.69) is 10.2 Å². The molecule has 0 bridgehead atoms. The van der Waals surface area contributed by atoms with Crippen molar-refractivity contribution in [3.8, 4) is 5.75 Å². The molecule has 0 spiro atoms. The Hall–Kier alpha value is -2.02. The molecular formula is C11H10N2O4S. The number of nitrogens with zero attached hydrogens (tertiary/aromatic N) is 2. The number of rotatable bonds is 6. The molecule has 1 N–H and O–H groups in total. The van der Waals surface area contributed by atoms with Gasteiger partial charge in [-0.2, -0.15) is 0 Å². The number of aromatic nitrogens is 2. The molecule has 1 aromatic heterocycles. The summed E-state index contributed by atoms with van der Waals surface area (Å²) in [5.41, 5.74) is 0. The van der Waals surface area contributed by atoms with Gasteiger partial charge in [0.2, 0.25) is 0 Å². The Bertz CT molecular complexity index is 515. The van der Waals surface area contributed by atoms with Gasteiger partial charge in [0.1, 0.15) is 11.5 Å². The Morgan fingerprint density at radius 2 is 2.11 bits per heavy atom. The second-order valence-corrected chi connectivity index (χ2v) is 4.17. The number of hydrogen-bond acceptors (Lipinski definition) is 6. The van der Waals surface area contributed by atoms with E-state index in [1.165, 1.54) is 0 Å². The van der Waals surface area contributed by atoms with Crippen LogP contribution in [0.15, 0.2) is 40.0 Å². The first kappa shape index (κ1) is 12.4. The molecule has 94 valence electrons. The second kappa shape index (κ2) is 6.06. The van der Waals surface area contributed by atoms with Crippen LogP contribution >= 0.6 is 11.8 Å². The summed E-state index contributed by atoms with van der Waals surface area (Å²) >= 11 is 0.976. The van der Waals surface area contributed by atoms with Gasteiger partial charge in [-0.15, -0.1) is 10.2 Å². The summed E-state index contributed by atoms with van der Waals surface area (Å²) < 4.78 is 10.6.